The van der Waals surface area contributed by atoms with Crippen molar-refractivity contribution in [2.75, 3.05) is 26.0 Å². The third-order valence-corrected chi connectivity index (χ3v) is 4.43. The molecule has 0 aliphatic carbocycles. The molecule has 2 heteroatoms. The molecule has 0 aliphatic rings. The van der Waals surface area contributed by atoms with E-state index in [9.17, 15) is 0 Å². The van der Waals surface area contributed by atoms with Crippen LogP contribution in [0.25, 0.3) is 0 Å². The van der Waals surface area contributed by atoms with Crippen LogP contribution >= 0.6 is 0 Å². The molecule has 0 spiro atoms. The normalized spacial score (nSPS) is 11.4. The van der Waals surface area contributed by atoms with Crippen LogP contribution in [0, 0.1) is 13.8 Å². The maximum Gasteiger partial charge on any atom is 0.106 e. The zero-order chi connectivity index (χ0) is 18.7. The zero-order valence-electron chi connectivity index (χ0n) is 16.5. The van der Waals surface area contributed by atoms with Crippen LogP contribution in [0.5, 0.6) is 0 Å². The molecule has 0 saturated heterocycles. The molecule has 0 fully saturated rings. The van der Waals surface area contributed by atoms with Gasteiger partial charge >= 0.3 is 0 Å². The van der Waals surface area contributed by atoms with E-state index < -0.39 is 0 Å². The molecule has 0 amide bonds. The number of nitrogens with zero attached hydrogens (tertiary/aromatic N) is 2. The first-order chi connectivity index (χ1) is 12.3. The van der Waals surface area contributed by atoms with Gasteiger partial charge in [0.2, 0.25) is 0 Å². The second-order valence-corrected chi connectivity index (χ2v) is 8.09. The molecule has 0 radical (unpaired) electrons. The minimum absolute atomic E-state index is 0.896. The number of rotatable bonds is 5. The summed E-state index contributed by atoms with van der Waals surface area (Å²) in [5.74, 6) is 0. The van der Waals surface area contributed by atoms with Gasteiger partial charge in [-0.3, -0.25) is 0 Å². The van der Waals surface area contributed by atoms with Gasteiger partial charge in [-0.1, -0.05) is 47.5 Å². The molecule has 3 aromatic carbocycles. The van der Waals surface area contributed by atoms with E-state index in [0.717, 1.165) is 11.0 Å². The lowest BCUT2D eigenvalue weighted by atomic mass is 10.1. The maximum absolute atomic E-state index is 2.36. The summed E-state index contributed by atoms with van der Waals surface area (Å²) in [6.45, 7) is 5.28. The van der Waals surface area contributed by atoms with Crippen molar-refractivity contribution in [2.45, 2.75) is 20.4 Å². The quantitative estimate of drug-likeness (QED) is 0.514. The van der Waals surface area contributed by atoms with Gasteiger partial charge in [-0.15, -0.1) is 0 Å². The number of hydrogen-bond acceptors (Lipinski definition) is 1. The first-order valence-electron chi connectivity index (χ1n) is 9.15. The first-order valence-corrected chi connectivity index (χ1v) is 9.15. The van der Waals surface area contributed by atoms with E-state index in [0.29, 0.717) is 0 Å². The summed E-state index contributed by atoms with van der Waals surface area (Å²) in [5.41, 5.74) is 7.56. The molecular weight excluding hydrogens is 316 g/mol. The van der Waals surface area contributed by atoms with Crippen LogP contribution in [0.4, 0.5) is 17.1 Å². The van der Waals surface area contributed by atoms with Gasteiger partial charge in [0.15, 0.2) is 0 Å². The Bertz CT molecular complexity index is 859. The zero-order valence-corrected chi connectivity index (χ0v) is 16.5. The summed E-state index contributed by atoms with van der Waals surface area (Å²) in [7, 11) is 6.72. The Morgan fingerprint density at radius 1 is 0.692 bits per heavy atom. The van der Waals surface area contributed by atoms with Crippen LogP contribution in [0.3, 0.4) is 0 Å². The van der Waals surface area contributed by atoms with Crippen molar-refractivity contribution in [1.82, 2.24) is 0 Å². The van der Waals surface area contributed by atoms with Crippen molar-refractivity contribution < 1.29 is 4.48 Å². The average Bonchev–Trinajstić information content (AvgIpc) is 2.58. The molecule has 3 aromatic rings. The fraction of sp³-hybridized carbons (Fsp3) is 0.250. The van der Waals surface area contributed by atoms with Gasteiger partial charge in [-0.2, -0.15) is 0 Å². The van der Waals surface area contributed by atoms with Gasteiger partial charge < -0.3 is 9.38 Å². The summed E-state index contributed by atoms with van der Waals surface area (Å²) >= 11 is 0. The maximum atomic E-state index is 2.36. The number of aryl methyl sites for hydroxylation is 2. The molecule has 0 aromatic heterocycles. The summed E-state index contributed by atoms with van der Waals surface area (Å²) in [6.07, 6.45) is 0. The monoisotopic (exact) mass is 345 g/mol. The Morgan fingerprint density at radius 2 is 1.27 bits per heavy atom. The minimum atomic E-state index is 0.896. The smallest absolute Gasteiger partial charge is 0.106 e. The van der Waals surface area contributed by atoms with Gasteiger partial charge in [-0.25, -0.2) is 0 Å². The molecule has 0 atom stereocenters. The molecule has 0 heterocycles. The van der Waals surface area contributed by atoms with Crippen LogP contribution in [0.1, 0.15) is 16.7 Å². The van der Waals surface area contributed by atoms with Crippen LogP contribution in [-0.2, 0) is 6.54 Å². The molecular formula is C24H29N2+. The minimum Gasteiger partial charge on any atom is -0.327 e. The van der Waals surface area contributed by atoms with E-state index in [2.05, 4.69) is 113 Å². The van der Waals surface area contributed by atoms with Crippen molar-refractivity contribution >= 4 is 17.1 Å². The van der Waals surface area contributed by atoms with Gasteiger partial charge in [-0.05, 0) is 50.2 Å². The van der Waals surface area contributed by atoms with Gasteiger partial charge in [0.1, 0.15) is 6.54 Å². The van der Waals surface area contributed by atoms with Crippen molar-refractivity contribution in [2.24, 2.45) is 0 Å². The van der Waals surface area contributed by atoms with Gasteiger partial charge in [0, 0.05) is 16.9 Å². The van der Waals surface area contributed by atoms with Crippen LogP contribution in [0.15, 0.2) is 72.8 Å². The topological polar surface area (TPSA) is 3.24 Å². The lowest BCUT2D eigenvalue weighted by Crippen LogP contribution is -2.34. The summed E-state index contributed by atoms with van der Waals surface area (Å²) in [4.78, 5) is 2.36. The van der Waals surface area contributed by atoms with Crippen molar-refractivity contribution in [3.05, 3.63) is 89.5 Å². The van der Waals surface area contributed by atoms with E-state index >= 15 is 0 Å². The van der Waals surface area contributed by atoms with E-state index in [-0.39, 0.29) is 0 Å². The Balaban J connectivity index is 2.18. The van der Waals surface area contributed by atoms with Gasteiger partial charge in [0.25, 0.3) is 0 Å². The Kier molecular flexibility index (Phi) is 5.15. The Labute approximate surface area is 157 Å². The molecule has 3 rings (SSSR count). The first kappa shape index (κ1) is 18.2. The highest BCUT2D eigenvalue weighted by molar-refractivity contribution is 5.78. The highest BCUT2D eigenvalue weighted by Gasteiger charge is 2.19. The molecule has 2 nitrogen and oxygen atoms in total. The number of benzene rings is 3. The molecule has 0 unspecified atom stereocenters. The predicted octanol–water partition coefficient (Wildman–Crippen LogP) is 5.98. The predicted molar refractivity (Wildman–Crippen MR) is 112 cm³/mol. The SMILES string of the molecule is Cc1ccc(N(c2ccccc2)c2ccc(C)cc2C[N+](C)(C)C)cc1. The van der Waals surface area contributed by atoms with E-state index in [4.69, 9.17) is 0 Å². The van der Waals surface area contributed by atoms with Crippen LogP contribution in [0.2, 0.25) is 0 Å². The highest BCUT2D eigenvalue weighted by atomic mass is 15.3. The second-order valence-electron chi connectivity index (χ2n) is 8.09. The number of anilines is 3. The standard InChI is InChI=1S/C24H29N2/c1-19-11-14-23(15-12-19)25(22-9-7-6-8-10-22)24-16-13-20(2)17-21(24)18-26(3,4)5/h6-17H,18H2,1-5H3/q+1. The van der Waals surface area contributed by atoms with Crippen LogP contribution in [-0.4, -0.2) is 25.6 Å². The molecule has 26 heavy (non-hydrogen) atoms. The largest absolute Gasteiger partial charge is 0.327 e. The average molecular weight is 346 g/mol. The highest BCUT2D eigenvalue weighted by Crippen LogP contribution is 2.37. The van der Waals surface area contributed by atoms with Crippen molar-refractivity contribution in [3.8, 4) is 0 Å². The molecule has 0 N–H and O–H groups in total. The fourth-order valence-corrected chi connectivity index (χ4v) is 3.27. The summed E-state index contributed by atoms with van der Waals surface area (Å²) in [6, 6.07) is 26.2. The number of para-hydroxylation sites is 1. The Hall–Kier alpha value is -2.58. The Morgan fingerprint density at radius 3 is 1.88 bits per heavy atom. The second kappa shape index (κ2) is 7.35. The third-order valence-electron chi connectivity index (χ3n) is 4.43. The lowest BCUT2D eigenvalue weighted by molar-refractivity contribution is -0.883. The van der Waals surface area contributed by atoms with Crippen molar-refractivity contribution in [1.29, 1.82) is 0 Å². The molecule has 0 saturated carbocycles. The molecule has 134 valence electrons. The number of hydrogen-bond donors (Lipinski definition) is 0. The van der Waals surface area contributed by atoms with Crippen molar-refractivity contribution in [3.63, 3.8) is 0 Å². The number of quaternary nitrogens is 1. The summed E-state index contributed by atoms with van der Waals surface area (Å²) in [5, 5.41) is 0. The molecule has 0 bridgehead atoms. The molecule has 0 aliphatic heterocycles. The van der Waals surface area contributed by atoms with E-state index in [1.807, 2.05) is 0 Å². The van der Waals surface area contributed by atoms with E-state index in [1.54, 1.807) is 0 Å². The lowest BCUT2D eigenvalue weighted by Gasteiger charge is -2.31. The fourth-order valence-electron chi connectivity index (χ4n) is 3.27. The van der Waals surface area contributed by atoms with E-state index in [1.165, 1.54) is 33.8 Å². The summed E-state index contributed by atoms with van der Waals surface area (Å²) < 4.78 is 0.896. The third kappa shape index (κ3) is 4.33. The van der Waals surface area contributed by atoms with Crippen LogP contribution < -0.4 is 4.90 Å². The van der Waals surface area contributed by atoms with Gasteiger partial charge in [0.05, 0.1) is 26.8 Å².